The maximum absolute atomic E-state index is 9.10. The van der Waals surface area contributed by atoms with Crippen LogP contribution in [0, 0.1) is 27.7 Å². The third kappa shape index (κ3) is 5.83. The van der Waals surface area contributed by atoms with Gasteiger partial charge in [-0.05, 0) is 62.1 Å². The summed E-state index contributed by atoms with van der Waals surface area (Å²) in [6.45, 7) is 7.68. The first-order valence-electron chi connectivity index (χ1n) is 5.92. The van der Waals surface area contributed by atoms with Crippen molar-refractivity contribution >= 4 is 0 Å². The summed E-state index contributed by atoms with van der Waals surface area (Å²) in [5, 5.41) is 18.2. The van der Waals surface area contributed by atoms with E-state index in [0.717, 1.165) is 22.3 Å². The van der Waals surface area contributed by atoms with Crippen LogP contribution < -0.4 is 0 Å². The summed E-state index contributed by atoms with van der Waals surface area (Å²) < 4.78 is 0. The predicted octanol–water partition coefficient (Wildman–Crippen LogP) is 4.02. The van der Waals surface area contributed by atoms with Gasteiger partial charge in [0, 0.05) is 17.4 Å². The molecular formula is C16H20CrO2. The molecule has 0 aliphatic carbocycles. The fraction of sp³-hybridized carbons (Fsp3) is 0.250. The number of aryl methyl sites for hydroxylation is 4. The second kappa shape index (κ2) is 7.89. The number of rotatable bonds is 0. The van der Waals surface area contributed by atoms with Gasteiger partial charge in [-0.1, -0.05) is 24.3 Å². The Labute approximate surface area is 125 Å². The molecule has 0 spiro atoms. The summed E-state index contributed by atoms with van der Waals surface area (Å²) >= 11 is 0. The Kier molecular flexibility index (Phi) is 7.29. The van der Waals surface area contributed by atoms with Crippen LogP contribution >= 0.6 is 0 Å². The molecule has 0 radical (unpaired) electrons. The number of aromatic hydroxyl groups is 2. The van der Waals surface area contributed by atoms with Gasteiger partial charge in [0.2, 0.25) is 0 Å². The smallest absolute Gasteiger partial charge is 0.118 e. The van der Waals surface area contributed by atoms with Gasteiger partial charge >= 0.3 is 0 Å². The molecule has 0 saturated carbocycles. The first-order chi connectivity index (χ1) is 8.40. The number of phenolic OH excluding ortho intramolecular Hbond substituents is 2. The molecule has 0 amide bonds. The van der Waals surface area contributed by atoms with Gasteiger partial charge in [-0.15, -0.1) is 0 Å². The van der Waals surface area contributed by atoms with Crippen LogP contribution in [0.2, 0.25) is 0 Å². The molecule has 0 bridgehead atoms. The Morgan fingerprint density at radius 2 is 0.947 bits per heavy atom. The molecule has 102 valence electrons. The summed E-state index contributed by atoms with van der Waals surface area (Å²) in [5.74, 6) is 0.769. The van der Waals surface area contributed by atoms with Crippen molar-refractivity contribution < 1.29 is 27.6 Å². The number of hydrogen-bond acceptors (Lipinski definition) is 2. The Morgan fingerprint density at radius 3 is 1.16 bits per heavy atom. The van der Waals surface area contributed by atoms with Gasteiger partial charge in [-0.25, -0.2) is 0 Å². The average molecular weight is 296 g/mol. The van der Waals surface area contributed by atoms with Crippen LogP contribution in [-0.4, -0.2) is 10.2 Å². The number of hydrogen-bond donors (Lipinski definition) is 2. The summed E-state index contributed by atoms with van der Waals surface area (Å²) in [6.07, 6.45) is 0. The zero-order valence-electron chi connectivity index (χ0n) is 11.8. The Balaban J connectivity index is 0.000000324. The molecule has 2 nitrogen and oxygen atoms in total. The molecule has 2 aromatic rings. The molecule has 2 rings (SSSR count). The molecule has 19 heavy (non-hydrogen) atoms. The molecule has 3 heteroatoms. The molecular weight excluding hydrogens is 276 g/mol. The zero-order chi connectivity index (χ0) is 13.7. The van der Waals surface area contributed by atoms with E-state index in [0.29, 0.717) is 11.5 Å². The van der Waals surface area contributed by atoms with Crippen LogP contribution in [0.1, 0.15) is 22.3 Å². The average Bonchev–Trinajstić information content (AvgIpc) is 2.30. The van der Waals surface area contributed by atoms with Crippen molar-refractivity contribution in [2.45, 2.75) is 27.7 Å². The summed E-state index contributed by atoms with van der Waals surface area (Å²) in [5.41, 5.74) is 4.05. The molecule has 0 aliphatic rings. The molecule has 0 heterocycles. The van der Waals surface area contributed by atoms with Gasteiger partial charge in [-0.3, -0.25) is 0 Å². The van der Waals surface area contributed by atoms with E-state index in [4.69, 9.17) is 10.2 Å². The SMILES string of the molecule is Cc1ccc(C)c(O)c1.Cc1ccc(C)c(O)c1.[Cr]. The Hall–Kier alpha value is -1.43. The van der Waals surface area contributed by atoms with Crippen LogP contribution in [-0.2, 0) is 17.4 Å². The van der Waals surface area contributed by atoms with Gasteiger partial charge in [0.15, 0.2) is 0 Å². The van der Waals surface area contributed by atoms with Gasteiger partial charge in [0.1, 0.15) is 11.5 Å². The van der Waals surface area contributed by atoms with Crippen molar-refractivity contribution in [1.82, 2.24) is 0 Å². The largest absolute Gasteiger partial charge is 0.508 e. The minimum atomic E-state index is 0. The van der Waals surface area contributed by atoms with Crippen molar-refractivity contribution in [2.75, 3.05) is 0 Å². The molecule has 0 aromatic heterocycles. The maximum atomic E-state index is 9.10. The normalized spacial score (nSPS) is 9.05. The van der Waals surface area contributed by atoms with Gasteiger partial charge in [0.25, 0.3) is 0 Å². The monoisotopic (exact) mass is 296 g/mol. The molecule has 0 atom stereocenters. The topological polar surface area (TPSA) is 40.5 Å². The first-order valence-corrected chi connectivity index (χ1v) is 5.92. The van der Waals surface area contributed by atoms with Crippen molar-refractivity contribution in [3.63, 3.8) is 0 Å². The van der Waals surface area contributed by atoms with Crippen molar-refractivity contribution in [3.8, 4) is 11.5 Å². The van der Waals surface area contributed by atoms with Crippen LogP contribution in [0.15, 0.2) is 36.4 Å². The Bertz CT molecular complexity index is 487. The Morgan fingerprint density at radius 1 is 0.632 bits per heavy atom. The van der Waals surface area contributed by atoms with Crippen LogP contribution in [0.25, 0.3) is 0 Å². The second-order valence-electron chi connectivity index (χ2n) is 4.58. The number of benzene rings is 2. The zero-order valence-corrected chi connectivity index (χ0v) is 13.0. The summed E-state index contributed by atoms with van der Waals surface area (Å²) in [6, 6.07) is 11.3. The van der Waals surface area contributed by atoms with E-state index < -0.39 is 0 Å². The minimum Gasteiger partial charge on any atom is -0.508 e. The minimum absolute atomic E-state index is 0. The molecule has 2 N–H and O–H groups in total. The first kappa shape index (κ1) is 17.6. The third-order valence-corrected chi connectivity index (χ3v) is 2.73. The van der Waals surface area contributed by atoms with Crippen LogP contribution in [0.3, 0.4) is 0 Å². The molecule has 0 fully saturated rings. The third-order valence-electron chi connectivity index (χ3n) is 2.73. The van der Waals surface area contributed by atoms with E-state index in [-0.39, 0.29) is 17.4 Å². The van der Waals surface area contributed by atoms with Gasteiger partial charge in [-0.2, -0.15) is 0 Å². The van der Waals surface area contributed by atoms with E-state index in [1.165, 1.54) is 0 Å². The van der Waals surface area contributed by atoms with Crippen LogP contribution in [0.4, 0.5) is 0 Å². The molecule has 0 aliphatic heterocycles. The van der Waals surface area contributed by atoms with E-state index in [1.54, 1.807) is 12.1 Å². The van der Waals surface area contributed by atoms with Crippen molar-refractivity contribution in [2.24, 2.45) is 0 Å². The van der Waals surface area contributed by atoms with E-state index in [1.807, 2.05) is 52.0 Å². The molecule has 0 unspecified atom stereocenters. The van der Waals surface area contributed by atoms with Gasteiger partial charge < -0.3 is 10.2 Å². The second-order valence-corrected chi connectivity index (χ2v) is 4.58. The number of phenols is 2. The molecule has 2 aromatic carbocycles. The van der Waals surface area contributed by atoms with E-state index >= 15 is 0 Å². The summed E-state index contributed by atoms with van der Waals surface area (Å²) in [7, 11) is 0. The van der Waals surface area contributed by atoms with E-state index in [9.17, 15) is 0 Å². The fourth-order valence-corrected chi connectivity index (χ4v) is 1.44. The predicted molar refractivity (Wildman–Crippen MR) is 75.2 cm³/mol. The van der Waals surface area contributed by atoms with Crippen LogP contribution in [0.5, 0.6) is 11.5 Å². The standard InChI is InChI=1S/2C8H10O.Cr/c2*1-6-3-4-7(2)8(9)5-6;/h2*3-5,9H,1-2H3;. The van der Waals surface area contributed by atoms with E-state index in [2.05, 4.69) is 0 Å². The fourth-order valence-electron chi connectivity index (χ4n) is 1.44. The molecule has 0 saturated heterocycles. The maximum Gasteiger partial charge on any atom is 0.118 e. The van der Waals surface area contributed by atoms with Crippen molar-refractivity contribution in [3.05, 3.63) is 58.7 Å². The van der Waals surface area contributed by atoms with Crippen molar-refractivity contribution in [1.29, 1.82) is 0 Å². The van der Waals surface area contributed by atoms with Gasteiger partial charge in [0.05, 0.1) is 0 Å². The summed E-state index contributed by atoms with van der Waals surface area (Å²) in [4.78, 5) is 0. The quantitative estimate of drug-likeness (QED) is 0.771.